The predicted octanol–water partition coefficient (Wildman–Crippen LogP) is 4.48. The van der Waals surface area contributed by atoms with Gasteiger partial charge in [-0.05, 0) is 56.5 Å². The molecule has 0 bridgehead atoms. The smallest absolute Gasteiger partial charge is 0.288 e. The normalized spacial score (nSPS) is 12.3. The molecule has 0 saturated carbocycles. The van der Waals surface area contributed by atoms with Gasteiger partial charge in [0.1, 0.15) is 10.8 Å². The zero-order chi connectivity index (χ0) is 22.8. The molecule has 0 amide bonds. The molecule has 10 heteroatoms. The van der Waals surface area contributed by atoms with Crippen molar-refractivity contribution in [2.24, 2.45) is 0 Å². The molecule has 0 aliphatic rings. The SMILES string of the molecule is Cc1ccc(C)c(Nc2ccc(C)c(OS(=O)NCCc3nc4c(Cl)c(C)[nH]n4n3)c2)c1. The van der Waals surface area contributed by atoms with E-state index in [0.29, 0.717) is 35.2 Å². The fourth-order valence-corrected chi connectivity index (χ4v) is 4.04. The van der Waals surface area contributed by atoms with E-state index >= 15 is 0 Å². The Labute approximate surface area is 194 Å². The summed E-state index contributed by atoms with van der Waals surface area (Å²) in [6.07, 6.45) is 0.479. The first kappa shape index (κ1) is 22.3. The van der Waals surface area contributed by atoms with Crippen LogP contribution in [0.2, 0.25) is 5.02 Å². The van der Waals surface area contributed by atoms with Crippen LogP contribution in [0.4, 0.5) is 11.4 Å². The van der Waals surface area contributed by atoms with Crippen molar-refractivity contribution in [2.45, 2.75) is 34.1 Å². The molecule has 1 unspecified atom stereocenters. The molecule has 2 aromatic carbocycles. The number of hydrogen-bond acceptors (Lipinski definition) is 5. The Morgan fingerprint density at radius 2 is 1.91 bits per heavy atom. The van der Waals surface area contributed by atoms with Crippen LogP contribution in [0.1, 0.15) is 28.2 Å². The first-order valence-corrected chi connectivity index (χ1v) is 11.6. The van der Waals surface area contributed by atoms with E-state index in [0.717, 1.165) is 28.2 Å². The highest BCUT2D eigenvalue weighted by Gasteiger charge is 2.13. The van der Waals surface area contributed by atoms with Crippen LogP contribution < -0.4 is 14.2 Å². The number of aromatic nitrogens is 4. The number of nitrogens with zero attached hydrogens (tertiary/aromatic N) is 3. The summed E-state index contributed by atoms with van der Waals surface area (Å²) >= 11 is 4.47. The standard InChI is InChI=1S/C22H25ClN6O2S/c1-13-5-6-14(2)18(11-13)25-17-8-7-15(3)19(12-17)31-32(30)24-10-9-20-26-22-21(23)16(4)27-29(22)28-20/h5-8,11-12,24-25,27H,9-10H2,1-4H3. The second kappa shape index (κ2) is 9.32. The Bertz CT molecular complexity index is 1300. The highest BCUT2D eigenvalue weighted by atomic mass is 35.5. The number of H-pyrrole nitrogens is 1. The molecule has 32 heavy (non-hydrogen) atoms. The molecule has 0 saturated heterocycles. The maximum absolute atomic E-state index is 12.4. The molecule has 4 aromatic rings. The molecule has 0 fully saturated rings. The Hall–Kier alpha value is -2.88. The van der Waals surface area contributed by atoms with Crippen molar-refractivity contribution in [2.75, 3.05) is 11.9 Å². The Balaban J connectivity index is 1.35. The van der Waals surface area contributed by atoms with Gasteiger partial charge in [0.25, 0.3) is 11.3 Å². The molecule has 8 nitrogen and oxygen atoms in total. The third-order valence-corrected chi connectivity index (χ3v) is 6.27. The van der Waals surface area contributed by atoms with Crippen LogP contribution in [0.25, 0.3) is 5.65 Å². The lowest BCUT2D eigenvalue weighted by molar-refractivity contribution is 0.545. The predicted molar refractivity (Wildman–Crippen MR) is 128 cm³/mol. The number of aromatic amines is 1. The van der Waals surface area contributed by atoms with Gasteiger partial charge < -0.3 is 9.50 Å². The first-order valence-electron chi connectivity index (χ1n) is 10.2. The summed E-state index contributed by atoms with van der Waals surface area (Å²) in [5.74, 6) is 1.14. The molecule has 0 aliphatic heterocycles. The maximum Gasteiger partial charge on any atom is 0.288 e. The second-order valence-electron chi connectivity index (χ2n) is 7.70. The lowest BCUT2D eigenvalue weighted by Crippen LogP contribution is -2.24. The minimum Gasteiger partial charge on any atom is -0.389 e. The van der Waals surface area contributed by atoms with Crippen LogP contribution in [0.3, 0.4) is 0 Å². The van der Waals surface area contributed by atoms with Gasteiger partial charge in [0.15, 0.2) is 11.5 Å². The van der Waals surface area contributed by atoms with Gasteiger partial charge in [-0.3, -0.25) is 5.10 Å². The van der Waals surface area contributed by atoms with Crippen LogP contribution in [0, 0.1) is 27.7 Å². The Kier molecular flexibility index (Phi) is 6.50. The number of rotatable bonds is 8. The summed E-state index contributed by atoms with van der Waals surface area (Å²) in [5, 5.41) is 11.3. The van der Waals surface area contributed by atoms with Crippen LogP contribution in [-0.4, -0.2) is 30.6 Å². The van der Waals surface area contributed by atoms with Gasteiger partial charge in [0, 0.05) is 30.4 Å². The lowest BCUT2D eigenvalue weighted by Gasteiger charge is -2.13. The molecule has 2 heterocycles. The van der Waals surface area contributed by atoms with Gasteiger partial charge in [-0.1, -0.05) is 29.8 Å². The fraction of sp³-hybridized carbons (Fsp3) is 0.273. The summed E-state index contributed by atoms with van der Waals surface area (Å²) in [6, 6.07) is 12.0. The van der Waals surface area contributed by atoms with Crippen molar-refractivity contribution in [3.63, 3.8) is 0 Å². The zero-order valence-electron chi connectivity index (χ0n) is 18.3. The van der Waals surface area contributed by atoms with Crippen LogP contribution in [0.15, 0.2) is 36.4 Å². The zero-order valence-corrected chi connectivity index (χ0v) is 19.9. The monoisotopic (exact) mass is 472 g/mol. The van der Waals surface area contributed by atoms with Crippen LogP contribution >= 0.6 is 11.6 Å². The van der Waals surface area contributed by atoms with Crippen molar-refractivity contribution in [1.82, 2.24) is 24.5 Å². The average molecular weight is 473 g/mol. The van der Waals surface area contributed by atoms with Gasteiger partial charge in [-0.15, -0.1) is 5.10 Å². The summed E-state index contributed by atoms with van der Waals surface area (Å²) < 4.78 is 22.5. The number of benzene rings is 2. The van der Waals surface area contributed by atoms with Gasteiger partial charge in [-0.25, -0.2) is 9.71 Å². The van der Waals surface area contributed by atoms with E-state index in [9.17, 15) is 4.21 Å². The van der Waals surface area contributed by atoms with Crippen LogP contribution in [0.5, 0.6) is 5.75 Å². The topological polar surface area (TPSA) is 96.3 Å². The van der Waals surface area contributed by atoms with E-state index in [2.05, 4.69) is 57.3 Å². The minimum atomic E-state index is -1.71. The summed E-state index contributed by atoms with van der Waals surface area (Å²) in [5.41, 5.74) is 6.49. The molecule has 3 N–H and O–H groups in total. The number of fused-ring (bicyclic) bond motifs is 1. The number of nitrogens with one attached hydrogen (secondary N) is 3. The van der Waals surface area contributed by atoms with Crippen LogP contribution in [-0.2, 0) is 17.7 Å². The van der Waals surface area contributed by atoms with Crippen molar-refractivity contribution in [3.8, 4) is 5.75 Å². The van der Waals surface area contributed by atoms with Gasteiger partial charge in [0.05, 0.1) is 5.69 Å². The van der Waals surface area contributed by atoms with E-state index in [4.69, 9.17) is 15.8 Å². The van der Waals surface area contributed by atoms with Crippen molar-refractivity contribution >= 4 is 39.9 Å². The first-order chi connectivity index (χ1) is 15.3. The highest BCUT2D eigenvalue weighted by Crippen LogP contribution is 2.27. The molecule has 0 aliphatic carbocycles. The molecule has 0 radical (unpaired) electrons. The maximum atomic E-state index is 12.4. The van der Waals surface area contributed by atoms with Crippen molar-refractivity contribution < 1.29 is 8.39 Å². The quantitative estimate of drug-likeness (QED) is 0.351. The van der Waals surface area contributed by atoms with Gasteiger partial charge in [-0.2, -0.15) is 8.84 Å². The van der Waals surface area contributed by atoms with Crippen molar-refractivity contribution in [1.29, 1.82) is 0 Å². The largest absolute Gasteiger partial charge is 0.389 e. The summed E-state index contributed by atoms with van der Waals surface area (Å²) in [7, 11) is 0. The number of anilines is 2. The van der Waals surface area contributed by atoms with Crippen molar-refractivity contribution in [3.05, 3.63) is 69.6 Å². The lowest BCUT2D eigenvalue weighted by atomic mass is 10.1. The van der Waals surface area contributed by atoms with E-state index in [1.54, 1.807) is 0 Å². The highest BCUT2D eigenvalue weighted by molar-refractivity contribution is 7.78. The number of halogens is 1. The summed E-state index contributed by atoms with van der Waals surface area (Å²) in [6.45, 7) is 8.26. The minimum absolute atomic E-state index is 0.385. The van der Waals surface area contributed by atoms with E-state index in [1.165, 1.54) is 10.2 Å². The third-order valence-electron chi connectivity index (χ3n) is 5.04. The second-order valence-corrected chi connectivity index (χ2v) is 9.00. The molecule has 168 valence electrons. The van der Waals surface area contributed by atoms with Gasteiger partial charge >= 0.3 is 0 Å². The third kappa shape index (κ3) is 4.95. The Morgan fingerprint density at radius 1 is 1.12 bits per heavy atom. The molecular formula is C22H25ClN6O2S. The average Bonchev–Trinajstić information content (AvgIpc) is 3.25. The van der Waals surface area contributed by atoms with Gasteiger partial charge in [0.2, 0.25) is 0 Å². The fourth-order valence-electron chi connectivity index (χ4n) is 3.21. The van der Waals surface area contributed by atoms with E-state index in [1.807, 2.05) is 32.0 Å². The number of hydrogen-bond donors (Lipinski definition) is 3. The Morgan fingerprint density at radius 3 is 2.69 bits per heavy atom. The molecule has 2 aromatic heterocycles. The molecule has 0 spiro atoms. The molecule has 1 atom stereocenters. The molecular weight excluding hydrogens is 448 g/mol. The van der Waals surface area contributed by atoms with E-state index in [-0.39, 0.29) is 0 Å². The number of aryl methyl sites for hydroxylation is 4. The molecule has 4 rings (SSSR count). The summed E-state index contributed by atoms with van der Waals surface area (Å²) in [4.78, 5) is 4.39. The van der Waals surface area contributed by atoms with E-state index < -0.39 is 11.3 Å².